The van der Waals surface area contributed by atoms with Gasteiger partial charge in [0.15, 0.2) is 5.96 Å². The summed E-state index contributed by atoms with van der Waals surface area (Å²) in [5.74, 6) is 3.12. The number of aliphatic imine (C=N–C) groups is 1. The second-order valence-corrected chi connectivity index (χ2v) is 5.82. The molecule has 6 nitrogen and oxygen atoms in total. The van der Waals surface area contributed by atoms with Gasteiger partial charge in [-0.1, -0.05) is 12.1 Å². The Morgan fingerprint density at radius 2 is 1.92 bits per heavy atom. The second-order valence-electron chi connectivity index (χ2n) is 5.82. The summed E-state index contributed by atoms with van der Waals surface area (Å²) in [6, 6.07) is 11.2. The van der Waals surface area contributed by atoms with E-state index in [4.69, 9.17) is 9.15 Å². The van der Waals surface area contributed by atoms with Crippen molar-refractivity contribution in [3.63, 3.8) is 0 Å². The third-order valence-electron chi connectivity index (χ3n) is 3.81. The number of nitrogens with one attached hydrogen (secondary N) is 2. The minimum Gasteiger partial charge on any atom is -0.497 e. The number of aliphatic hydroxyl groups is 1. The Bertz CT molecular complexity index is 686. The van der Waals surface area contributed by atoms with Gasteiger partial charge in [0.1, 0.15) is 17.3 Å². The van der Waals surface area contributed by atoms with Gasteiger partial charge < -0.3 is 24.9 Å². The lowest BCUT2D eigenvalue weighted by atomic mass is 10.1. The summed E-state index contributed by atoms with van der Waals surface area (Å²) in [5, 5.41) is 16.8. The number of nitrogens with zero attached hydrogens (tertiary/aromatic N) is 1. The maximum atomic E-state index is 10.3. The molecule has 3 N–H and O–H groups in total. The van der Waals surface area contributed by atoms with Gasteiger partial charge >= 0.3 is 0 Å². The molecule has 0 saturated heterocycles. The van der Waals surface area contributed by atoms with Gasteiger partial charge in [-0.05, 0) is 50.6 Å². The van der Waals surface area contributed by atoms with Crippen molar-refractivity contribution in [1.29, 1.82) is 0 Å². The Kier molecular flexibility index (Phi) is 9.50. The lowest BCUT2D eigenvalue weighted by molar-refractivity contribution is 0.187. The highest BCUT2D eigenvalue weighted by Gasteiger charge is 2.12. The first-order valence-electron chi connectivity index (χ1n) is 8.46. The lowest BCUT2D eigenvalue weighted by Gasteiger charge is -2.17. The summed E-state index contributed by atoms with van der Waals surface area (Å²) in [5.41, 5.74) is 0.801. The largest absolute Gasteiger partial charge is 0.497 e. The molecular formula is C19H28IN3O3. The first-order chi connectivity index (χ1) is 12.0. The van der Waals surface area contributed by atoms with Crippen LogP contribution in [0.1, 0.15) is 43.1 Å². The first kappa shape index (κ1) is 22.3. The number of aliphatic hydroxyl groups excluding tert-OH is 1. The van der Waals surface area contributed by atoms with Crippen molar-refractivity contribution in [3.05, 3.63) is 53.5 Å². The Morgan fingerprint density at radius 1 is 1.23 bits per heavy atom. The fourth-order valence-electron chi connectivity index (χ4n) is 2.39. The molecule has 0 amide bonds. The lowest BCUT2D eigenvalue weighted by Crippen LogP contribution is -2.39. The molecule has 0 saturated carbocycles. The van der Waals surface area contributed by atoms with E-state index in [0.29, 0.717) is 5.96 Å². The van der Waals surface area contributed by atoms with Gasteiger partial charge in [0.05, 0.1) is 25.8 Å². The summed E-state index contributed by atoms with van der Waals surface area (Å²) >= 11 is 0. The van der Waals surface area contributed by atoms with E-state index in [0.717, 1.165) is 29.4 Å². The van der Waals surface area contributed by atoms with Crippen LogP contribution in [0.3, 0.4) is 0 Å². The Hall–Kier alpha value is -1.74. The molecule has 0 aliphatic rings. The van der Waals surface area contributed by atoms with E-state index in [-0.39, 0.29) is 36.6 Å². The minimum atomic E-state index is -0.678. The third-order valence-corrected chi connectivity index (χ3v) is 3.81. The predicted molar refractivity (Wildman–Crippen MR) is 114 cm³/mol. The van der Waals surface area contributed by atoms with E-state index >= 15 is 0 Å². The first-order valence-corrected chi connectivity index (χ1v) is 8.46. The number of rotatable bonds is 7. The highest BCUT2D eigenvalue weighted by Crippen LogP contribution is 2.18. The minimum absolute atomic E-state index is 0. The average Bonchev–Trinajstić information content (AvgIpc) is 3.06. The van der Waals surface area contributed by atoms with E-state index in [9.17, 15) is 5.11 Å². The molecule has 26 heavy (non-hydrogen) atoms. The summed E-state index contributed by atoms with van der Waals surface area (Å²) in [6.45, 7) is 6.91. The number of benzene rings is 1. The monoisotopic (exact) mass is 473 g/mol. The molecule has 0 radical (unpaired) electrons. The molecule has 2 atom stereocenters. The number of guanidine groups is 1. The maximum Gasteiger partial charge on any atom is 0.191 e. The number of hydrogen-bond acceptors (Lipinski definition) is 4. The molecule has 2 rings (SSSR count). The van der Waals surface area contributed by atoms with Gasteiger partial charge in [0.2, 0.25) is 0 Å². The van der Waals surface area contributed by atoms with Crippen LogP contribution >= 0.6 is 24.0 Å². The number of halogens is 1. The third kappa shape index (κ3) is 6.53. The normalized spacial score (nSPS) is 13.5. The Morgan fingerprint density at radius 3 is 2.46 bits per heavy atom. The van der Waals surface area contributed by atoms with Crippen molar-refractivity contribution in [2.45, 2.75) is 32.9 Å². The molecule has 1 heterocycles. The molecule has 2 aromatic rings. The number of hydrogen-bond donors (Lipinski definition) is 3. The SMILES string of the molecule is CCNC(=NCC(O)c1ccc(OC)cc1)NC(C)c1ccc(C)o1.I. The Labute approximate surface area is 172 Å². The van der Waals surface area contributed by atoms with Crippen molar-refractivity contribution in [1.82, 2.24) is 10.6 Å². The number of furan rings is 1. The van der Waals surface area contributed by atoms with E-state index in [1.54, 1.807) is 7.11 Å². The molecule has 0 bridgehead atoms. The summed E-state index contributed by atoms with van der Waals surface area (Å²) in [4.78, 5) is 4.48. The predicted octanol–water partition coefficient (Wildman–Crippen LogP) is 3.56. The van der Waals surface area contributed by atoms with Gasteiger partial charge in [-0.15, -0.1) is 24.0 Å². The van der Waals surface area contributed by atoms with E-state index in [1.165, 1.54) is 0 Å². The topological polar surface area (TPSA) is 79.0 Å². The van der Waals surface area contributed by atoms with Crippen molar-refractivity contribution in [2.75, 3.05) is 20.2 Å². The molecule has 0 fully saturated rings. The van der Waals surface area contributed by atoms with Gasteiger partial charge in [0, 0.05) is 6.54 Å². The molecular weight excluding hydrogens is 445 g/mol. The van der Waals surface area contributed by atoms with Gasteiger partial charge in [-0.25, -0.2) is 0 Å². The van der Waals surface area contributed by atoms with Crippen LogP contribution in [0.15, 0.2) is 45.8 Å². The number of methoxy groups -OCH3 is 1. The van der Waals surface area contributed by atoms with Gasteiger partial charge in [0.25, 0.3) is 0 Å². The fraction of sp³-hybridized carbons (Fsp3) is 0.421. The highest BCUT2D eigenvalue weighted by atomic mass is 127. The summed E-state index contributed by atoms with van der Waals surface area (Å²) in [7, 11) is 1.62. The zero-order valence-electron chi connectivity index (χ0n) is 15.7. The van der Waals surface area contributed by atoms with Gasteiger partial charge in [-0.2, -0.15) is 0 Å². The smallest absolute Gasteiger partial charge is 0.191 e. The number of aryl methyl sites for hydroxylation is 1. The van der Waals surface area contributed by atoms with Crippen LogP contribution in [0.4, 0.5) is 0 Å². The molecule has 1 aromatic carbocycles. The number of ether oxygens (including phenoxy) is 1. The van der Waals surface area contributed by atoms with Crippen LogP contribution in [0.5, 0.6) is 5.75 Å². The van der Waals surface area contributed by atoms with Crippen LogP contribution in [0.2, 0.25) is 0 Å². The maximum absolute atomic E-state index is 10.3. The standard InChI is InChI=1S/C19H27N3O3.HI/c1-5-20-19(22-14(3)18-11-6-13(2)25-18)21-12-17(23)15-7-9-16(24-4)10-8-15;/h6-11,14,17,23H,5,12H2,1-4H3,(H2,20,21,22);1H. The highest BCUT2D eigenvalue weighted by molar-refractivity contribution is 14.0. The van der Waals surface area contributed by atoms with E-state index in [1.807, 2.05) is 57.2 Å². The van der Waals surface area contributed by atoms with Crippen LogP contribution in [0.25, 0.3) is 0 Å². The van der Waals surface area contributed by atoms with Crippen molar-refractivity contribution < 1.29 is 14.3 Å². The zero-order chi connectivity index (χ0) is 18.2. The van der Waals surface area contributed by atoms with Crippen molar-refractivity contribution >= 4 is 29.9 Å². The van der Waals surface area contributed by atoms with Crippen LogP contribution < -0.4 is 15.4 Å². The van der Waals surface area contributed by atoms with Crippen LogP contribution in [0, 0.1) is 6.92 Å². The van der Waals surface area contributed by atoms with Crippen LogP contribution in [-0.2, 0) is 0 Å². The molecule has 0 spiro atoms. The average molecular weight is 473 g/mol. The fourth-order valence-corrected chi connectivity index (χ4v) is 2.39. The summed E-state index contributed by atoms with van der Waals surface area (Å²) < 4.78 is 10.8. The molecule has 0 aliphatic heterocycles. The zero-order valence-corrected chi connectivity index (χ0v) is 18.0. The summed E-state index contributed by atoms with van der Waals surface area (Å²) in [6.07, 6.45) is -0.678. The molecule has 1 aromatic heterocycles. The van der Waals surface area contributed by atoms with E-state index < -0.39 is 6.10 Å². The second kappa shape index (κ2) is 11.1. The van der Waals surface area contributed by atoms with Crippen LogP contribution in [-0.4, -0.2) is 31.3 Å². The molecule has 0 aliphatic carbocycles. The van der Waals surface area contributed by atoms with Crippen molar-refractivity contribution in [3.8, 4) is 5.75 Å². The quantitative estimate of drug-likeness (QED) is 0.326. The van der Waals surface area contributed by atoms with Crippen molar-refractivity contribution in [2.24, 2.45) is 4.99 Å². The van der Waals surface area contributed by atoms with E-state index in [2.05, 4.69) is 15.6 Å². The van der Waals surface area contributed by atoms with Gasteiger partial charge in [-0.3, -0.25) is 4.99 Å². The molecule has 144 valence electrons. The Balaban J connectivity index is 0.00000338. The molecule has 2 unspecified atom stereocenters. The molecule has 7 heteroatoms.